The van der Waals surface area contributed by atoms with Crippen LogP contribution < -0.4 is 27.4 Å². The molecule has 0 aliphatic carbocycles. The van der Waals surface area contributed by atoms with Gasteiger partial charge in [-0.3, -0.25) is 19.2 Å². The first-order valence-corrected chi connectivity index (χ1v) is 10.0. The van der Waals surface area contributed by atoms with E-state index in [1.54, 1.807) is 0 Å². The standard InChI is InChI=1S/C18H33N5O9/c1-9(25)14(23-15(28)10(20)5-6-13(26)27)17(30)21-11(4-2-3-7-19)16(29)22-12(8-24)18(31)32/h9-12,14,24-25H,2-8,19-20H2,1H3,(H,21,30)(H,22,29)(H,23,28)(H,26,27)(H,31,32). The van der Waals surface area contributed by atoms with E-state index < -0.39 is 66.5 Å². The van der Waals surface area contributed by atoms with Crippen molar-refractivity contribution in [1.82, 2.24) is 16.0 Å². The Hall–Kier alpha value is -2.81. The van der Waals surface area contributed by atoms with Crippen molar-refractivity contribution in [2.45, 2.75) is 69.3 Å². The fraction of sp³-hybridized carbons (Fsp3) is 0.722. The molecule has 0 heterocycles. The molecule has 14 heteroatoms. The molecule has 0 rings (SSSR count). The van der Waals surface area contributed by atoms with Crippen molar-refractivity contribution in [3.8, 4) is 0 Å². The lowest BCUT2D eigenvalue weighted by Crippen LogP contribution is -2.60. The second kappa shape index (κ2) is 15.1. The third-order valence-electron chi connectivity index (χ3n) is 4.45. The molecule has 0 aromatic carbocycles. The highest BCUT2D eigenvalue weighted by molar-refractivity contribution is 5.94. The van der Waals surface area contributed by atoms with Crippen LogP contribution in [-0.4, -0.2) is 93.5 Å². The maximum atomic E-state index is 12.7. The number of rotatable bonds is 16. The molecule has 184 valence electrons. The number of aliphatic carboxylic acids is 2. The van der Waals surface area contributed by atoms with Crippen LogP contribution in [0, 0.1) is 0 Å². The van der Waals surface area contributed by atoms with Crippen molar-refractivity contribution >= 4 is 29.7 Å². The number of carbonyl (C=O) groups excluding carboxylic acids is 3. The highest BCUT2D eigenvalue weighted by Crippen LogP contribution is 2.05. The van der Waals surface area contributed by atoms with Gasteiger partial charge >= 0.3 is 11.9 Å². The lowest BCUT2D eigenvalue weighted by molar-refractivity contribution is -0.143. The van der Waals surface area contributed by atoms with Gasteiger partial charge in [0.2, 0.25) is 17.7 Å². The maximum Gasteiger partial charge on any atom is 0.328 e. The summed E-state index contributed by atoms with van der Waals surface area (Å²) in [5.41, 5.74) is 11.0. The van der Waals surface area contributed by atoms with Crippen molar-refractivity contribution in [1.29, 1.82) is 0 Å². The number of nitrogens with two attached hydrogens (primary N) is 2. The smallest absolute Gasteiger partial charge is 0.328 e. The summed E-state index contributed by atoms with van der Waals surface area (Å²) in [4.78, 5) is 58.9. The summed E-state index contributed by atoms with van der Waals surface area (Å²) in [6.45, 7) is 0.658. The van der Waals surface area contributed by atoms with Gasteiger partial charge in [0.05, 0.1) is 18.8 Å². The summed E-state index contributed by atoms with van der Waals surface area (Å²) in [7, 11) is 0. The van der Waals surface area contributed by atoms with Gasteiger partial charge in [0.15, 0.2) is 0 Å². The van der Waals surface area contributed by atoms with E-state index in [2.05, 4.69) is 16.0 Å². The third-order valence-corrected chi connectivity index (χ3v) is 4.45. The molecule has 0 aromatic heterocycles. The van der Waals surface area contributed by atoms with Gasteiger partial charge in [-0.2, -0.15) is 0 Å². The zero-order chi connectivity index (χ0) is 24.8. The summed E-state index contributed by atoms with van der Waals surface area (Å²) in [5, 5.41) is 43.3. The molecule has 0 fully saturated rings. The Bertz CT molecular complexity index is 659. The number of carboxylic acid groups (broad SMARTS) is 2. The second-order valence-electron chi connectivity index (χ2n) is 7.19. The first-order valence-electron chi connectivity index (χ1n) is 10.0. The summed E-state index contributed by atoms with van der Waals surface area (Å²) in [6.07, 6.45) is -0.988. The summed E-state index contributed by atoms with van der Waals surface area (Å²) in [5.74, 6) is -5.33. The highest BCUT2D eigenvalue weighted by Gasteiger charge is 2.32. The zero-order valence-electron chi connectivity index (χ0n) is 17.8. The fourth-order valence-electron chi connectivity index (χ4n) is 2.56. The van der Waals surface area contributed by atoms with Gasteiger partial charge in [-0.05, 0) is 39.2 Å². The van der Waals surface area contributed by atoms with Crippen LogP contribution in [0.25, 0.3) is 0 Å². The van der Waals surface area contributed by atoms with Crippen LogP contribution in [0.1, 0.15) is 39.0 Å². The summed E-state index contributed by atoms with van der Waals surface area (Å²) >= 11 is 0. The van der Waals surface area contributed by atoms with Gasteiger partial charge in [0.1, 0.15) is 18.1 Å². The SMILES string of the molecule is CC(O)C(NC(=O)C(N)CCC(=O)O)C(=O)NC(CCCCN)C(=O)NC(CO)C(=O)O. The van der Waals surface area contributed by atoms with E-state index in [0.29, 0.717) is 19.4 Å². The van der Waals surface area contributed by atoms with Crippen molar-refractivity contribution in [2.24, 2.45) is 11.5 Å². The summed E-state index contributed by atoms with van der Waals surface area (Å²) < 4.78 is 0. The Labute approximate surface area is 184 Å². The van der Waals surface area contributed by atoms with E-state index in [0.717, 1.165) is 0 Å². The number of hydrogen-bond acceptors (Lipinski definition) is 9. The van der Waals surface area contributed by atoms with Crippen LogP contribution >= 0.6 is 0 Å². The number of carbonyl (C=O) groups is 5. The summed E-state index contributed by atoms with van der Waals surface area (Å²) in [6, 6.07) is -5.59. The van der Waals surface area contributed by atoms with Crippen molar-refractivity contribution < 1.29 is 44.4 Å². The predicted molar refractivity (Wildman–Crippen MR) is 110 cm³/mol. The zero-order valence-corrected chi connectivity index (χ0v) is 17.8. The maximum absolute atomic E-state index is 12.7. The van der Waals surface area contributed by atoms with Gasteiger partial charge in [0, 0.05) is 6.42 Å². The number of nitrogens with one attached hydrogen (secondary N) is 3. The van der Waals surface area contributed by atoms with E-state index in [1.165, 1.54) is 6.92 Å². The van der Waals surface area contributed by atoms with E-state index in [1.807, 2.05) is 0 Å². The molecule has 3 amide bonds. The Kier molecular flexibility index (Phi) is 13.7. The molecule has 0 bridgehead atoms. The minimum atomic E-state index is -1.59. The Balaban J connectivity index is 5.30. The molecule has 0 radical (unpaired) electrons. The van der Waals surface area contributed by atoms with Gasteiger partial charge in [-0.1, -0.05) is 0 Å². The van der Waals surface area contributed by atoms with E-state index in [9.17, 15) is 29.1 Å². The van der Waals surface area contributed by atoms with Crippen LogP contribution in [0.2, 0.25) is 0 Å². The average molecular weight is 463 g/mol. The number of amides is 3. The molecule has 11 N–H and O–H groups in total. The van der Waals surface area contributed by atoms with Crippen LogP contribution in [-0.2, 0) is 24.0 Å². The van der Waals surface area contributed by atoms with Gasteiger partial charge in [-0.25, -0.2) is 4.79 Å². The largest absolute Gasteiger partial charge is 0.481 e. The Morgan fingerprint density at radius 1 is 0.875 bits per heavy atom. The third kappa shape index (κ3) is 11.0. The van der Waals surface area contributed by atoms with Crippen molar-refractivity contribution in [2.75, 3.05) is 13.2 Å². The van der Waals surface area contributed by atoms with Crippen LogP contribution in [0.5, 0.6) is 0 Å². The monoisotopic (exact) mass is 463 g/mol. The van der Waals surface area contributed by atoms with Crippen LogP contribution in [0.3, 0.4) is 0 Å². The first kappa shape index (κ1) is 29.2. The Morgan fingerprint density at radius 3 is 1.94 bits per heavy atom. The van der Waals surface area contributed by atoms with Crippen molar-refractivity contribution in [3.63, 3.8) is 0 Å². The number of aliphatic hydroxyl groups is 2. The van der Waals surface area contributed by atoms with Gasteiger partial charge < -0.3 is 47.8 Å². The molecule has 14 nitrogen and oxygen atoms in total. The van der Waals surface area contributed by atoms with Crippen molar-refractivity contribution in [3.05, 3.63) is 0 Å². The molecule has 0 saturated heterocycles. The quantitative estimate of drug-likeness (QED) is 0.100. The normalized spacial score (nSPS) is 15.5. The van der Waals surface area contributed by atoms with Gasteiger partial charge in [0.25, 0.3) is 0 Å². The lowest BCUT2D eigenvalue weighted by atomic mass is 10.1. The molecule has 0 aliphatic heterocycles. The number of hydrogen-bond donors (Lipinski definition) is 9. The highest BCUT2D eigenvalue weighted by atomic mass is 16.4. The number of aliphatic hydroxyl groups excluding tert-OH is 2. The molecular weight excluding hydrogens is 430 g/mol. The van der Waals surface area contributed by atoms with Crippen LogP contribution in [0.4, 0.5) is 0 Å². The topological polar surface area (TPSA) is 254 Å². The number of unbranched alkanes of at least 4 members (excludes halogenated alkanes) is 1. The number of carboxylic acids is 2. The average Bonchev–Trinajstić information content (AvgIpc) is 2.72. The molecule has 32 heavy (non-hydrogen) atoms. The van der Waals surface area contributed by atoms with Crippen LogP contribution in [0.15, 0.2) is 0 Å². The second-order valence-corrected chi connectivity index (χ2v) is 7.19. The molecule has 5 unspecified atom stereocenters. The molecule has 0 saturated carbocycles. The fourth-order valence-corrected chi connectivity index (χ4v) is 2.56. The van der Waals surface area contributed by atoms with E-state index in [4.69, 9.17) is 26.8 Å². The van der Waals surface area contributed by atoms with Gasteiger partial charge in [-0.15, -0.1) is 0 Å². The first-order chi connectivity index (χ1) is 14.9. The molecule has 0 aromatic rings. The molecule has 5 atom stereocenters. The van der Waals surface area contributed by atoms with E-state index in [-0.39, 0.29) is 19.3 Å². The molecule has 0 spiro atoms. The predicted octanol–water partition coefficient (Wildman–Crippen LogP) is -3.78. The lowest BCUT2D eigenvalue weighted by Gasteiger charge is -2.26. The Morgan fingerprint density at radius 2 is 1.47 bits per heavy atom. The molecule has 0 aliphatic rings. The molecular formula is C18H33N5O9. The minimum Gasteiger partial charge on any atom is -0.481 e. The minimum absolute atomic E-state index is 0.0745. The van der Waals surface area contributed by atoms with E-state index >= 15 is 0 Å².